The first-order chi connectivity index (χ1) is 13.4. The molecular weight excluding hydrogens is 352 g/mol. The Kier molecular flexibility index (Phi) is 5.93. The predicted molar refractivity (Wildman–Crippen MR) is 115 cm³/mol. The Bertz CT molecular complexity index is 1040. The number of hydrogen-bond donors (Lipinski definition) is 2. The minimum absolute atomic E-state index is 0.0839. The van der Waals surface area contributed by atoms with Crippen molar-refractivity contribution in [2.75, 3.05) is 19.0 Å². The number of hydrogen-bond acceptors (Lipinski definition) is 4. The van der Waals surface area contributed by atoms with E-state index in [4.69, 9.17) is 9.47 Å². The molecule has 0 saturated carbocycles. The Hall–Kier alpha value is -2.95. The van der Waals surface area contributed by atoms with Gasteiger partial charge >= 0.3 is 0 Å². The lowest BCUT2D eigenvalue weighted by molar-refractivity contribution is 0.340. The van der Waals surface area contributed by atoms with Gasteiger partial charge in [0, 0.05) is 28.7 Å². The van der Waals surface area contributed by atoms with Crippen LogP contribution in [-0.2, 0) is 6.54 Å². The van der Waals surface area contributed by atoms with Crippen LogP contribution in [0, 0.1) is 6.92 Å². The number of pyridine rings is 1. The molecule has 1 heterocycles. The minimum atomic E-state index is -0.0839. The van der Waals surface area contributed by atoms with Gasteiger partial charge in [0.1, 0.15) is 11.5 Å². The predicted octanol–water partition coefficient (Wildman–Crippen LogP) is 4.98. The van der Waals surface area contributed by atoms with Crippen LogP contribution in [0.5, 0.6) is 11.5 Å². The zero-order valence-electron chi connectivity index (χ0n) is 17.2. The first-order valence-corrected chi connectivity index (χ1v) is 9.64. The molecule has 2 aromatic carbocycles. The van der Waals surface area contributed by atoms with Gasteiger partial charge in [-0.3, -0.25) is 4.79 Å². The topological polar surface area (TPSA) is 63.4 Å². The van der Waals surface area contributed by atoms with Crippen LogP contribution in [-0.4, -0.2) is 18.7 Å². The van der Waals surface area contributed by atoms with Crippen molar-refractivity contribution < 1.29 is 9.47 Å². The molecule has 0 spiro atoms. The molecule has 0 aliphatic carbocycles. The molecule has 0 fully saturated rings. The number of aryl methyl sites for hydroxylation is 1. The maximum absolute atomic E-state index is 12.5. The van der Waals surface area contributed by atoms with Crippen molar-refractivity contribution in [1.82, 2.24) is 4.98 Å². The smallest absolute Gasteiger partial charge is 0.253 e. The Balaban J connectivity index is 1.89. The normalized spacial score (nSPS) is 11.1. The maximum Gasteiger partial charge on any atom is 0.253 e. The number of ether oxygens (including phenoxy) is 2. The molecule has 1 aromatic heterocycles. The number of fused-ring (bicyclic) bond motifs is 1. The number of methoxy groups -OCH3 is 1. The van der Waals surface area contributed by atoms with Crippen LogP contribution in [0.1, 0.15) is 43.4 Å². The highest BCUT2D eigenvalue weighted by Gasteiger charge is 2.12. The van der Waals surface area contributed by atoms with E-state index in [1.807, 2.05) is 44.2 Å². The minimum Gasteiger partial charge on any atom is -0.496 e. The Morgan fingerprint density at radius 2 is 1.93 bits per heavy atom. The van der Waals surface area contributed by atoms with Gasteiger partial charge < -0.3 is 19.8 Å². The molecule has 0 aliphatic rings. The van der Waals surface area contributed by atoms with E-state index >= 15 is 0 Å². The van der Waals surface area contributed by atoms with Crippen molar-refractivity contribution in [1.29, 1.82) is 0 Å². The van der Waals surface area contributed by atoms with Crippen LogP contribution in [0.2, 0.25) is 0 Å². The number of nitrogens with one attached hydrogen (secondary N) is 2. The van der Waals surface area contributed by atoms with Crippen molar-refractivity contribution in [2.45, 2.75) is 40.2 Å². The van der Waals surface area contributed by atoms with E-state index in [2.05, 4.69) is 30.2 Å². The molecule has 0 atom stereocenters. The quantitative estimate of drug-likeness (QED) is 0.607. The lowest BCUT2D eigenvalue weighted by Gasteiger charge is -2.17. The summed E-state index contributed by atoms with van der Waals surface area (Å²) in [6.45, 7) is 9.32. The van der Waals surface area contributed by atoms with Gasteiger partial charge in [-0.25, -0.2) is 0 Å². The monoisotopic (exact) mass is 380 g/mol. The van der Waals surface area contributed by atoms with E-state index in [0.29, 0.717) is 24.6 Å². The van der Waals surface area contributed by atoms with Crippen molar-refractivity contribution in [3.05, 3.63) is 63.4 Å². The van der Waals surface area contributed by atoms with Crippen molar-refractivity contribution in [3.63, 3.8) is 0 Å². The summed E-state index contributed by atoms with van der Waals surface area (Å²) in [5.74, 6) is 2.04. The zero-order valence-corrected chi connectivity index (χ0v) is 17.2. The van der Waals surface area contributed by atoms with Gasteiger partial charge in [-0.1, -0.05) is 13.8 Å². The number of H-pyrrole nitrogens is 1. The summed E-state index contributed by atoms with van der Waals surface area (Å²) in [5.41, 5.74) is 4.63. The molecular formula is C23H28N2O3. The molecule has 2 N–H and O–H groups in total. The Labute approximate surface area is 165 Å². The standard InChI is InChI=1S/C23H28N2O3/c1-6-28-18-7-8-20-16(11-18)10-17(23(26)25-20)13-24-21-12-19(14(2)3)22(27-5)9-15(21)4/h7-12,14,24H,6,13H2,1-5H3,(H,25,26). The number of aromatic amines is 1. The first kappa shape index (κ1) is 19.8. The number of rotatable bonds is 7. The molecule has 0 amide bonds. The van der Waals surface area contributed by atoms with Gasteiger partial charge in [0.2, 0.25) is 0 Å². The van der Waals surface area contributed by atoms with E-state index in [1.165, 1.54) is 0 Å². The second-order valence-electron chi connectivity index (χ2n) is 7.22. The lowest BCUT2D eigenvalue weighted by atomic mass is 9.99. The highest BCUT2D eigenvalue weighted by atomic mass is 16.5. The van der Waals surface area contributed by atoms with E-state index in [-0.39, 0.29) is 5.56 Å². The fraction of sp³-hybridized carbons (Fsp3) is 0.348. The van der Waals surface area contributed by atoms with Crippen molar-refractivity contribution >= 4 is 16.6 Å². The number of aromatic nitrogens is 1. The Morgan fingerprint density at radius 1 is 1.14 bits per heavy atom. The van der Waals surface area contributed by atoms with Crippen LogP contribution in [0.15, 0.2) is 41.2 Å². The van der Waals surface area contributed by atoms with Gasteiger partial charge in [0.15, 0.2) is 0 Å². The van der Waals surface area contributed by atoms with Crippen LogP contribution in [0.25, 0.3) is 10.9 Å². The van der Waals surface area contributed by atoms with Crippen LogP contribution >= 0.6 is 0 Å². The molecule has 0 radical (unpaired) electrons. The van der Waals surface area contributed by atoms with E-state index in [1.54, 1.807) is 7.11 Å². The summed E-state index contributed by atoms with van der Waals surface area (Å²) in [6, 6.07) is 11.8. The van der Waals surface area contributed by atoms with Gasteiger partial charge in [-0.15, -0.1) is 0 Å². The molecule has 5 nitrogen and oxygen atoms in total. The average molecular weight is 380 g/mol. The molecule has 0 unspecified atom stereocenters. The summed E-state index contributed by atoms with van der Waals surface area (Å²) in [4.78, 5) is 15.4. The average Bonchev–Trinajstić information content (AvgIpc) is 2.67. The maximum atomic E-state index is 12.5. The van der Waals surface area contributed by atoms with E-state index < -0.39 is 0 Å². The largest absolute Gasteiger partial charge is 0.496 e. The van der Waals surface area contributed by atoms with Gasteiger partial charge in [-0.05, 0) is 67.3 Å². The van der Waals surface area contributed by atoms with Gasteiger partial charge in [0.05, 0.1) is 13.7 Å². The number of benzene rings is 2. The summed E-state index contributed by atoms with van der Waals surface area (Å²) in [5, 5.41) is 4.37. The molecule has 148 valence electrons. The lowest BCUT2D eigenvalue weighted by Crippen LogP contribution is -2.16. The third-order valence-electron chi connectivity index (χ3n) is 4.87. The SMILES string of the molecule is CCOc1ccc2[nH]c(=O)c(CNc3cc(C(C)C)c(OC)cc3C)cc2c1. The van der Waals surface area contributed by atoms with E-state index in [0.717, 1.165) is 39.2 Å². The molecule has 0 aliphatic heterocycles. The Morgan fingerprint density at radius 3 is 2.61 bits per heavy atom. The second kappa shape index (κ2) is 8.38. The fourth-order valence-corrected chi connectivity index (χ4v) is 3.32. The molecule has 5 heteroatoms. The van der Waals surface area contributed by atoms with E-state index in [9.17, 15) is 4.79 Å². The van der Waals surface area contributed by atoms with Crippen LogP contribution < -0.4 is 20.3 Å². The summed E-state index contributed by atoms with van der Waals surface area (Å²) < 4.78 is 11.1. The summed E-state index contributed by atoms with van der Waals surface area (Å²) in [7, 11) is 1.69. The third kappa shape index (κ3) is 4.14. The summed E-state index contributed by atoms with van der Waals surface area (Å²) in [6.07, 6.45) is 0. The highest BCUT2D eigenvalue weighted by molar-refractivity contribution is 5.80. The van der Waals surface area contributed by atoms with Gasteiger partial charge in [0.25, 0.3) is 5.56 Å². The highest BCUT2D eigenvalue weighted by Crippen LogP contribution is 2.32. The second-order valence-corrected chi connectivity index (χ2v) is 7.22. The number of anilines is 1. The molecule has 0 bridgehead atoms. The third-order valence-corrected chi connectivity index (χ3v) is 4.87. The molecule has 28 heavy (non-hydrogen) atoms. The molecule has 3 rings (SSSR count). The van der Waals surface area contributed by atoms with Gasteiger partial charge in [-0.2, -0.15) is 0 Å². The van der Waals surface area contributed by atoms with Crippen molar-refractivity contribution in [2.24, 2.45) is 0 Å². The van der Waals surface area contributed by atoms with Crippen LogP contribution in [0.4, 0.5) is 5.69 Å². The zero-order chi connectivity index (χ0) is 20.3. The van der Waals surface area contributed by atoms with Crippen molar-refractivity contribution in [3.8, 4) is 11.5 Å². The summed E-state index contributed by atoms with van der Waals surface area (Å²) >= 11 is 0. The van der Waals surface area contributed by atoms with Crippen LogP contribution in [0.3, 0.4) is 0 Å². The first-order valence-electron chi connectivity index (χ1n) is 9.64. The fourth-order valence-electron chi connectivity index (χ4n) is 3.32. The molecule has 3 aromatic rings. The molecule has 0 saturated heterocycles.